The summed E-state index contributed by atoms with van der Waals surface area (Å²) in [5, 5.41) is 12.5. The van der Waals surface area contributed by atoms with Gasteiger partial charge < -0.3 is 10.1 Å². The van der Waals surface area contributed by atoms with E-state index < -0.39 is 0 Å². The van der Waals surface area contributed by atoms with Crippen LogP contribution in [0.1, 0.15) is 29.8 Å². The molecule has 0 spiro atoms. The summed E-state index contributed by atoms with van der Waals surface area (Å²) in [5.41, 5.74) is 2.21. The average Bonchev–Trinajstić information content (AvgIpc) is 2.37. The molecule has 1 aromatic heterocycles. The van der Waals surface area contributed by atoms with Crippen molar-refractivity contribution >= 4 is 0 Å². The molecule has 0 aliphatic carbocycles. The molecule has 0 saturated carbocycles. The molecule has 18 heavy (non-hydrogen) atoms. The molecule has 1 N–H and O–H groups in total. The topological polar surface area (TPSA) is 57.9 Å². The second-order valence-electron chi connectivity index (χ2n) is 4.84. The van der Waals surface area contributed by atoms with Crippen molar-refractivity contribution in [2.45, 2.75) is 26.7 Å². The molecule has 2 heterocycles. The van der Waals surface area contributed by atoms with Crippen LogP contribution in [0.3, 0.4) is 0 Å². The number of nitrogens with one attached hydrogen (secondary N) is 1. The molecule has 1 aliphatic rings. The van der Waals surface area contributed by atoms with E-state index in [1.54, 1.807) is 0 Å². The summed E-state index contributed by atoms with van der Waals surface area (Å²) in [7, 11) is 0. The van der Waals surface area contributed by atoms with Gasteiger partial charge in [0, 0.05) is 11.8 Å². The van der Waals surface area contributed by atoms with Crippen molar-refractivity contribution in [2.24, 2.45) is 5.92 Å². The highest BCUT2D eigenvalue weighted by Crippen LogP contribution is 2.23. The van der Waals surface area contributed by atoms with Crippen LogP contribution in [0, 0.1) is 31.1 Å². The first-order chi connectivity index (χ1) is 8.70. The highest BCUT2D eigenvalue weighted by atomic mass is 16.5. The molecule has 1 saturated heterocycles. The quantitative estimate of drug-likeness (QED) is 0.884. The lowest BCUT2D eigenvalue weighted by molar-refractivity contribution is 0.214. The van der Waals surface area contributed by atoms with Gasteiger partial charge in [-0.05, 0) is 45.7 Å². The van der Waals surface area contributed by atoms with Gasteiger partial charge in [-0.15, -0.1) is 0 Å². The maximum absolute atomic E-state index is 9.15. The van der Waals surface area contributed by atoms with Crippen molar-refractivity contribution in [1.82, 2.24) is 10.3 Å². The van der Waals surface area contributed by atoms with Crippen LogP contribution in [0.2, 0.25) is 0 Å². The van der Waals surface area contributed by atoms with Gasteiger partial charge in [-0.25, -0.2) is 0 Å². The van der Waals surface area contributed by atoms with Gasteiger partial charge in [0.2, 0.25) is 0 Å². The third-order valence-corrected chi connectivity index (χ3v) is 3.34. The lowest BCUT2D eigenvalue weighted by Gasteiger charge is -2.23. The Morgan fingerprint density at radius 1 is 1.44 bits per heavy atom. The Kier molecular flexibility index (Phi) is 4.16. The average molecular weight is 245 g/mol. The minimum absolute atomic E-state index is 0.564. The number of aromatic nitrogens is 1. The Hall–Kier alpha value is -1.60. The predicted octanol–water partition coefficient (Wildman–Crippen LogP) is 1.95. The van der Waals surface area contributed by atoms with E-state index in [0.29, 0.717) is 23.8 Å². The second kappa shape index (κ2) is 5.83. The fraction of sp³-hybridized carbons (Fsp3) is 0.571. The van der Waals surface area contributed by atoms with Crippen molar-refractivity contribution in [2.75, 3.05) is 19.7 Å². The third-order valence-electron chi connectivity index (χ3n) is 3.34. The minimum Gasteiger partial charge on any atom is -0.492 e. The number of ether oxygens (including phenoxy) is 1. The maximum atomic E-state index is 9.15. The van der Waals surface area contributed by atoms with Crippen molar-refractivity contribution in [1.29, 1.82) is 5.26 Å². The predicted molar refractivity (Wildman–Crippen MR) is 69.5 cm³/mol. The molecule has 4 nitrogen and oxygen atoms in total. The van der Waals surface area contributed by atoms with Crippen LogP contribution in [0.15, 0.2) is 6.07 Å². The number of rotatable bonds is 3. The summed E-state index contributed by atoms with van der Waals surface area (Å²) in [5.74, 6) is 1.27. The van der Waals surface area contributed by atoms with Gasteiger partial charge in [-0.1, -0.05) is 0 Å². The molecule has 4 heteroatoms. The minimum atomic E-state index is 0.564. The zero-order valence-corrected chi connectivity index (χ0v) is 11.0. The molecule has 1 fully saturated rings. The summed E-state index contributed by atoms with van der Waals surface area (Å²) in [4.78, 5) is 4.29. The van der Waals surface area contributed by atoms with E-state index in [1.165, 1.54) is 0 Å². The van der Waals surface area contributed by atoms with E-state index in [9.17, 15) is 0 Å². The fourth-order valence-electron chi connectivity index (χ4n) is 2.30. The first-order valence-corrected chi connectivity index (χ1v) is 6.42. The van der Waals surface area contributed by atoms with Crippen LogP contribution in [0.4, 0.5) is 0 Å². The first-order valence-electron chi connectivity index (χ1n) is 6.42. The van der Waals surface area contributed by atoms with Crippen LogP contribution in [-0.4, -0.2) is 24.7 Å². The second-order valence-corrected chi connectivity index (χ2v) is 4.84. The number of pyridine rings is 1. The number of nitriles is 1. The standard InChI is InChI=1S/C14H19N3O/c1-10-7-14(13(8-15)11(2)17-10)18-9-12-3-5-16-6-4-12/h7,12,16H,3-6,9H2,1-2H3. The van der Waals surface area contributed by atoms with Crippen LogP contribution >= 0.6 is 0 Å². The van der Waals surface area contributed by atoms with Crippen molar-refractivity contribution in [3.8, 4) is 11.8 Å². The van der Waals surface area contributed by atoms with Crippen molar-refractivity contribution < 1.29 is 4.74 Å². The Bertz CT molecular complexity index is 459. The fourth-order valence-corrected chi connectivity index (χ4v) is 2.30. The van der Waals surface area contributed by atoms with Crippen LogP contribution < -0.4 is 10.1 Å². The molecule has 0 atom stereocenters. The molecule has 0 unspecified atom stereocenters. The van der Waals surface area contributed by atoms with Gasteiger partial charge in [-0.2, -0.15) is 5.26 Å². The van der Waals surface area contributed by atoms with Gasteiger partial charge >= 0.3 is 0 Å². The SMILES string of the molecule is Cc1cc(OCC2CCNCC2)c(C#N)c(C)n1. The number of nitrogens with zero attached hydrogens (tertiary/aromatic N) is 2. The highest BCUT2D eigenvalue weighted by molar-refractivity contribution is 5.46. The van der Waals surface area contributed by atoms with E-state index in [0.717, 1.165) is 37.3 Å². The Morgan fingerprint density at radius 3 is 2.83 bits per heavy atom. The first kappa shape index (κ1) is 12.8. The monoisotopic (exact) mass is 245 g/mol. The third kappa shape index (κ3) is 2.99. The van der Waals surface area contributed by atoms with Crippen LogP contribution in [0.5, 0.6) is 5.75 Å². The molecular weight excluding hydrogens is 226 g/mol. The Balaban J connectivity index is 2.06. The van der Waals surface area contributed by atoms with Gasteiger partial charge in [-0.3, -0.25) is 4.98 Å². The van der Waals surface area contributed by atoms with Crippen LogP contribution in [0.25, 0.3) is 0 Å². The molecular formula is C14H19N3O. The van der Waals surface area contributed by atoms with Crippen molar-refractivity contribution in [3.63, 3.8) is 0 Å². The molecule has 0 amide bonds. The molecule has 1 aromatic rings. The van der Waals surface area contributed by atoms with E-state index in [1.807, 2.05) is 19.9 Å². The molecule has 1 aliphatic heterocycles. The van der Waals surface area contributed by atoms with Crippen LogP contribution in [-0.2, 0) is 0 Å². The summed E-state index contributed by atoms with van der Waals surface area (Å²) in [6.07, 6.45) is 2.29. The van der Waals surface area contributed by atoms with Gasteiger partial charge in [0.25, 0.3) is 0 Å². The number of piperidine rings is 1. The van der Waals surface area contributed by atoms with Gasteiger partial charge in [0.1, 0.15) is 17.4 Å². The lowest BCUT2D eigenvalue weighted by atomic mass is 9.99. The molecule has 2 rings (SSSR count). The Labute approximate surface area is 108 Å². The zero-order valence-electron chi connectivity index (χ0n) is 11.0. The van der Waals surface area contributed by atoms with Gasteiger partial charge in [0.15, 0.2) is 0 Å². The summed E-state index contributed by atoms with van der Waals surface area (Å²) in [6, 6.07) is 4.03. The molecule has 0 radical (unpaired) electrons. The Morgan fingerprint density at radius 2 is 2.17 bits per heavy atom. The molecule has 0 bridgehead atoms. The normalized spacial score (nSPS) is 16.3. The van der Waals surface area contributed by atoms with E-state index in [-0.39, 0.29) is 0 Å². The number of hydrogen-bond acceptors (Lipinski definition) is 4. The molecule has 96 valence electrons. The highest BCUT2D eigenvalue weighted by Gasteiger charge is 2.15. The summed E-state index contributed by atoms with van der Waals surface area (Å²) in [6.45, 7) is 6.59. The van der Waals surface area contributed by atoms with Gasteiger partial charge in [0.05, 0.1) is 12.3 Å². The van der Waals surface area contributed by atoms with E-state index in [4.69, 9.17) is 10.00 Å². The largest absolute Gasteiger partial charge is 0.492 e. The summed E-state index contributed by atoms with van der Waals surface area (Å²) >= 11 is 0. The molecule has 0 aromatic carbocycles. The maximum Gasteiger partial charge on any atom is 0.140 e. The smallest absolute Gasteiger partial charge is 0.140 e. The van der Waals surface area contributed by atoms with Crippen molar-refractivity contribution in [3.05, 3.63) is 23.0 Å². The zero-order chi connectivity index (χ0) is 13.0. The number of hydrogen-bond donors (Lipinski definition) is 1. The summed E-state index contributed by atoms with van der Waals surface area (Å²) < 4.78 is 5.84. The lowest BCUT2D eigenvalue weighted by Crippen LogP contribution is -2.30. The van der Waals surface area contributed by atoms with E-state index in [2.05, 4.69) is 16.4 Å². The van der Waals surface area contributed by atoms with E-state index >= 15 is 0 Å². The number of aryl methyl sites for hydroxylation is 2.